The average Bonchev–Trinajstić information content (AvgIpc) is 2.34. The van der Waals surface area contributed by atoms with Crippen LogP contribution in [0.1, 0.15) is 38.8 Å². The summed E-state index contributed by atoms with van der Waals surface area (Å²) >= 11 is 0. The first-order valence-corrected chi connectivity index (χ1v) is 6.29. The minimum atomic E-state index is 0.209. The zero-order valence-corrected chi connectivity index (χ0v) is 11.9. The van der Waals surface area contributed by atoms with Gasteiger partial charge in [0.15, 0.2) is 0 Å². The first kappa shape index (κ1) is 14.3. The van der Waals surface area contributed by atoms with Gasteiger partial charge >= 0.3 is 0 Å². The van der Waals surface area contributed by atoms with Crippen molar-refractivity contribution in [1.29, 1.82) is 0 Å². The van der Waals surface area contributed by atoms with E-state index >= 15 is 0 Å². The van der Waals surface area contributed by atoms with Gasteiger partial charge in [-0.05, 0) is 29.5 Å². The maximum atomic E-state index is 3.76. The van der Waals surface area contributed by atoms with Crippen LogP contribution in [-0.2, 0) is 5.41 Å². The van der Waals surface area contributed by atoms with E-state index in [9.17, 15) is 0 Å². The fourth-order valence-electron chi connectivity index (χ4n) is 1.61. The predicted molar refractivity (Wildman–Crippen MR) is 81.0 cm³/mol. The highest BCUT2D eigenvalue weighted by Gasteiger charge is 2.12. The summed E-state index contributed by atoms with van der Waals surface area (Å²) in [6, 6.07) is 8.67. The normalized spacial score (nSPS) is 12.2. The van der Waals surface area contributed by atoms with E-state index in [0.717, 1.165) is 0 Å². The highest BCUT2D eigenvalue weighted by Crippen LogP contribution is 2.22. The van der Waals surface area contributed by atoms with E-state index in [1.165, 1.54) is 11.1 Å². The Bertz CT molecular complexity index is 430. The molecule has 0 aliphatic carbocycles. The molecular formula is C17H23N. The van der Waals surface area contributed by atoms with Crippen molar-refractivity contribution >= 4 is 6.08 Å². The van der Waals surface area contributed by atoms with E-state index < -0.39 is 0 Å². The summed E-state index contributed by atoms with van der Waals surface area (Å²) in [5.41, 5.74) is 2.76. The molecule has 0 aromatic heterocycles. The Hall–Kier alpha value is -1.76. The highest BCUT2D eigenvalue weighted by molar-refractivity contribution is 5.50. The minimum Gasteiger partial charge on any atom is -0.331 e. The van der Waals surface area contributed by atoms with Crippen LogP contribution in [0.3, 0.4) is 0 Å². The van der Waals surface area contributed by atoms with Crippen molar-refractivity contribution in [3.05, 3.63) is 66.6 Å². The predicted octanol–water partition coefficient (Wildman–Crippen LogP) is 4.93. The number of benzene rings is 1. The highest BCUT2D eigenvalue weighted by atomic mass is 15.1. The molecule has 0 spiro atoms. The van der Waals surface area contributed by atoms with Gasteiger partial charge in [0.25, 0.3) is 0 Å². The zero-order chi connectivity index (χ0) is 13.6. The molecule has 0 aliphatic heterocycles. The van der Waals surface area contributed by atoms with Gasteiger partial charge in [0, 0.05) is 18.6 Å². The first-order chi connectivity index (χ1) is 8.47. The fraction of sp³-hybridized carbons (Fsp3) is 0.294. The second kappa shape index (κ2) is 6.25. The van der Waals surface area contributed by atoms with Crippen molar-refractivity contribution in [2.75, 3.05) is 0 Å². The van der Waals surface area contributed by atoms with Gasteiger partial charge in [0.1, 0.15) is 0 Å². The topological polar surface area (TPSA) is 3.24 Å². The molecule has 1 heteroatoms. The summed E-state index contributed by atoms with van der Waals surface area (Å²) in [7, 11) is 0. The van der Waals surface area contributed by atoms with Gasteiger partial charge in [-0.3, -0.25) is 0 Å². The lowest BCUT2D eigenvalue weighted by molar-refractivity contribution is 0.590. The molecule has 0 atom stereocenters. The zero-order valence-electron chi connectivity index (χ0n) is 11.9. The van der Waals surface area contributed by atoms with Crippen LogP contribution >= 0.6 is 0 Å². The molecule has 0 N–H and O–H groups in total. The molecule has 96 valence electrons. The molecule has 1 aromatic carbocycles. The number of nitrogens with zero attached hydrogens (tertiary/aromatic N) is 1. The van der Waals surface area contributed by atoms with Crippen molar-refractivity contribution in [2.45, 2.75) is 33.1 Å². The van der Waals surface area contributed by atoms with Crippen molar-refractivity contribution in [1.82, 2.24) is 4.90 Å². The Balaban J connectivity index is 2.80. The maximum absolute atomic E-state index is 3.76. The van der Waals surface area contributed by atoms with Gasteiger partial charge in [0.2, 0.25) is 0 Å². The van der Waals surface area contributed by atoms with E-state index in [0.29, 0.717) is 0 Å². The largest absolute Gasteiger partial charge is 0.331 e. The van der Waals surface area contributed by atoms with Crippen molar-refractivity contribution in [2.24, 2.45) is 0 Å². The quantitative estimate of drug-likeness (QED) is 0.722. The molecule has 0 saturated heterocycles. The number of hydrogen-bond acceptors (Lipinski definition) is 1. The minimum absolute atomic E-state index is 0.209. The second-order valence-electron chi connectivity index (χ2n) is 5.30. The smallest absolute Gasteiger partial charge is 0.00875 e. The van der Waals surface area contributed by atoms with Crippen molar-refractivity contribution in [3.63, 3.8) is 0 Å². The van der Waals surface area contributed by atoms with Crippen LogP contribution in [0.5, 0.6) is 0 Å². The van der Waals surface area contributed by atoms with Gasteiger partial charge in [-0.15, -0.1) is 0 Å². The number of allylic oxidation sites excluding steroid dienone is 1. The molecular weight excluding hydrogens is 218 g/mol. The molecule has 0 fully saturated rings. The van der Waals surface area contributed by atoms with Crippen LogP contribution in [0.4, 0.5) is 0 Å². The molecule has 0 unspecified atom stereocenters. The molecule has 0 heterocycles. The van der Waals surface area contributed by atoms with Gasteiger partial charge in [-0.2, -0.15) is 0 Å². The summed E-state index contributed by atoms with van der Waals surface area (Å²) in [6.07, 6.45) is 9.80. The summed E-state index contributed by atoms with van der Waals surface area (Å²) in [5.74, 6) is 0. The molecule has 0 radical (unpaired) electrons. The monoisotopic (exact) mass is 241 g/mol. The summed E-state index contributed by atoms with van der Waals surface area (Å²) in [5, 5.41) is 0. The SMILES string of the molecule is C=CN(/C=C\C)/C=C/c1ccc(C(C)(C)C)cc1. The van der Waals surface area contributed by atoms with Crippen LogP contribution in [0.25, 0.3) is 6.08 Å². The molecule has 0 saturated carbocycles. The standard InChI is InChI=1S/C17H23N/c1-6-13-18(7-2)14-12-15-8-10-16(11-9-15)17(3,4)5/h6-14H,2H2,1,3-5H3/b13-6-,14-12+. The fourth-order valence-corrected chi connectivity index (χ4v) is 1.61. The van der Waals surface area contributed by atoms with Crippen LogP contribution in [0.15, 0.2) is 55.5 Å². The first-order valence-electron chi connectivity index (χ1n) is 6.29. The lowest BCUT2D eigenvalue weighted by Crippen LogP contribution is -2.10. The number of hydrogen-bond donors (Lipinski definition) is 0. The molecule has 0 bridgehead atoms. The van der Waals surface area contributed by atoms with Crippen LogP contribution < -0.4 is 0 Å². The molecule has 1 rings (SSSR count). The van der Waals surface area contributed by atoms with E-state index in [2.05, 4.69) is 57.7 Å². The molecule has 1 nitrogen and oxygen atoms in total. The number of rotatable bonds is 4. The van der Waals surface area contributed by atoms with E-state index in [1.54, 1.807) is 6.20 Å². The van der Waals surface area contributed by atoms with E-state index in [1.807, 2.05) is 30.3 Å². The maximum Gasteiger partial charge on any atom is 0.00875 e. The van der Waals surface area contributed by atoms with Crippen LogP contribution in [-0.4, -0.2) is 4.90 Å². The van der Waals surface area contributed by atoms with Gasteiger partial charge in [-0.1, -0.05) is 57.7 Å². The Morgan fingerprint density at radius 1 is 1.06 bits per heavy atom. The molecule has 0 aliphatic rings. The van der Waals surface area contributed by atoms with Crippen molar-refractivity contribution in [3.8, 4) is 0 Å². The third-order valence-electron chi connectivity index (χ3n) is 2.75. The summed E-state index contributed by atoms with van der Waals surface area (Å²) in [4.78, 5) is 1.93. The van der Waals surface area contributed by atoms with Crippen molar-refractivity contribution < 1.29 is 0 Å². The van der Waals surface area contributed by atoms with Gasteiger partial charge in [-0.25, -0.2) is 0 Å². The Morgan fingerprint density at radius 2 is 1.67 bits per heavy atom. The molecule has 1 aromatic rings. The Kier molecular flexibility index (Phi) is 4.96. The second-order valence-corrected chi connectivity index (χ2v) is 5.30. The van der Waals surface area contributed by atoms with Crippen LogP contribution in [0, 0.1) is 0 Å². The van der Waals surface area contributed by atoms with E-state index in [-0.39, 0.29) is 5.41 Å². The lowest BCUT2D eigenvalue weighted by atomic mass is 9.87. The third kappa shape index (κ3) is 4.25. The lowest BCUT2D eigenvalue weighted by Gasteiger charge is -2.18. The average molecular weight is 241 g/mol. The Morgan fingerprint density at radius 3 is 2.11 bits per heavy atom. The summed E-state index contributed by atoms with van der Waals surface area (Å²) in [6.45, 7) is 12.4. The van der Waals surface area contributed by atoms with Gasteiger partial charge in [0.05, 0.1) is 0 Å². The molecule has 0 amide bonds. The Labute approximate surface area is 111 Å². The third-order valence-corrected chi connectivity index (χ3v) is 2.75. The summed E-state index contributed by atoms with van der Waals surface area (Å²) < 4.78 is 0. The molecule has 18 heavy (non-hydrogen) atoms. The van der Waals surface area contributed by atoms with E-state index in [4.69, 9.17) is 0 Å². The van der Waals surface area contributed by atoms with Gasteiger partial charge < -0.3 is 4.90 Å². The van der Waals surface area contributed by atoms with Crippen LogP contribution in [0.2, 0.25) is 0 Å².